The maximum Gasteiger partial charge on any atom is 0.246 e. The summed E-state index contributed by atoms with van der Waals surface area (Å²) in [7, 11) is 1.77. The number of aromatic nitrogens is 2. The summed E-state index contributed by atoms with van der Waals surface area (Å²) < 4.78 is 2.85. The zero-order valence-electron chi connectivity index (χ0n) is 12.2. The normalized spacial score (nSPS) is 11.4. The summed E-state index contributed by atoms with van der Waals surface area (Å²) in [4.78, 5) is 19.0. The molecule has 4 nitrogen and oxygen atoms in total. The van der Waals surface area contributed by atoms with Crippen LogP contribution in [0.2, 0.25) is 5.15 Å². The van der Waals surface area contributed by atoms with Crippen molar-refractivity contribution in [2.24, 2.45) is 0 Å². The number of amides is 1. The molecule has 0 saturated heterocycles. The Balaban J connectivity index is 1.74. The first-order valence-corrected chi connectivity index (χ1v) is 8.89. The molecule has 2 heterocycles. The number of benzene rings is 1. The number of fused-ring (bicyclic) bond motifs is 1. The van der Waals surface area contributed by atoms with Crippen LogP contribution in [0.1, 0.15) is 11.3 Å². The van der Waals surface area contributed by atoms with Gasteiger partial charge in [-0.15, -0.1) is 11.3 Å². The van der Waals surface area contributed by atoms with Crippen LogP contribution in [0, 0.1) is 0 Å². The van der Waals surface area contributed by atoms with Gasteiger partial charge >= 0.3 is 0 Å². The highest BCUT2D eigenvalue weighted by Gasteiger charge is 2.11. The van der Waals surface area contributed by atoms with E-state index >= 15 is 0 Å². The minimum absolute atomic E-state index is 0.0954. The van der Waals surface area contributed by atoms with E-state index in [-0.39, 0.29) is 5.91 Å². The van der Waals surface area contributed by atoms with E-state index in [0.29, 0.717) is 17.4 Å². The fourth-order valence-corrected chi connectivity index (χ4v) is 3.58. The third-order valence-electron chi connectivity index (χ3n) is 3.38. The van der Waals surface area contributed by atoms with E-state index in [2.05, 4.69) is 20.9 Å². The summed E-state index contributed by atoms with van der Waals surface area (Å²) in [5.41, 5.74) is 1.77. The van der Waals surface area contributed by atoms with E-state index in [1.165, 1.54) is 17.4 Å². The third-order valence-corrected chi connectivity index (χ3v) is 5.19. The van der Waals surface area contributed by atoms with Crippen molar-refractivity contribution in [1.82, 2.24) is 14.3 Å². The average molecular weight is 411 g/mol. The van der Waals surface area contributed by atoms with E-state index in [9.17, 15) is 4.79 Å². The Bertz CT molecular complexity index is 886. The number of thiazole rings is 1. The molecule has 0 aliphatic heterocycles. The Morgan fingerprint density at radius 1 is 1.48 bits per heavy atom. The third kappa shape index (κ3) is 3.49. The molecule has 0 N–H and O–H groups in total. The highest BCUT2D eigenvalue weighted by Crippen LogP contribution is 2.22. The van der Waals surface area contributed by atoms with Gasteiger partial charge in [0.1, 0.15) is 0 Å². The van der Waals surface area contributed by atoms with Gasteiger partial charge in [-0.2, -0.15) is 0 Å². The van der Waals surface area contributed by atoms with Gasteiger partial charge in [0, 0.05) is 35.7 Å². The second-order valence-electron chi connectivity index (χ2n) is 4.96. The van der Waals surface area contributed by atoms with Crippen molar-refractivity contribution in [1.29, 1.82) is 0 Å². The van der Waals surface area contributed by atoms with Gasteiger partial charge in [0.25, 0.3) is 0 Å². The molecule has 0 aliphatic carbocycles. The monoisotopic (exact) mass is 409 g/mol. The molecule has 0 bridgehead atoms. The van der Waals surface area contributed by atoms with Crippen LogP contribution in [0.15, 0.2) is 46.4 Å². The Labute approximate surface area is 151 Å². The van der Waals surface area contributed by atoms with Crippen LogP contribution in [-0.4, -0.2) is 27.2 Å². The summed E-state index contributed by atoms with van der Waals surface area (Å²) >= 11 is 11.1. The Hall–Kier alpha value is -1.63. The number of imidazole rings is 1. The molecule has 0 saturated carbocycles. The van der Waals surface area contributed by atoms with Crippen molar-refractivity contribution in [3.8, 4) is 0 Å². The number of rotatable bonds is 4. The van der Waals surface area contributed by atoms with Crippen molar-refractivity contribution in [2.45, 2.75) is 6.54 Å². The van der Waals surface area contributed by atoms with Gasteiger partial charge in [0.2, 0.25) is 5.91 Å². The predicted octanol–water partition coefficient (Wildman–Crippen LogP) is 4.48. The van der Waals surface area contributed by atoms with Crippen LogP contribution < -0.4 is 0 Å². The van der Waals surface area contributed by atoms with Crippen LogP contribution in [0.25, 0.3) is 11.0 Å². The Kier molecular flexibility index (Phi) is 4.84. The number of likely N-dealkylation sites (N-methyl/N-ethyl adjacent to an activating group) is 1. The Morgan fingerprint density at radius 3 is 3.04 bits per heavy atom. The number of carbonyl (C=O) groups is 1. The first-order valence-electron chi connectivity index (χ1n) is 6.84. The molecular formula is C16H13BrClN3OS. The lowest BCUT2D eigenvalue weighted by atomic mass is 10.2. The number of carbonyl (C=O) groups excluding carboxylic acids is 1. The molecule has 3 aromatic rings. The lowest BCUT2D eigenvalue weighted by Gasteiger charge is -2.16. The molecule has 0 spiro atoms. The summed E-state index contributed by atoms with van der Waals surface area (Å²) in [6.45, 7) is 0.526. The van der Waals surface area contributed by atoms with Gasteiger partial charge in [0.05, 0.1) is 5.69 Å². The van der Waals surface area contributed by atoms with Gasteiger partial charge in [-0.3, -0.25) is 9.20 Å². The maximum atomic E-state index is 12.3. The minimum Gasteiger partial charge on any atom is -0.338 e. The largest absolute Gasteiger partial charge is 0.338 e. The molecule has 0 aliphatic rings. The summed E-state index contributed by atoms with van der Waals surface area (Å²) in [5, 5.41) is 2.33. The van der Waals surface area contributed by atoms with E-state index in [4.69, 9.17) is 11.6 Å². The number of halogens is 2. The van der Waals surface area contributed by atoms with Crippen LogP contribution in [0.5, 0.6) is 0 Å². The van der Waals surface area contributed by atoms with Gasteiger partial charge in [-0.25, -0.2) is 4.98 Å². The van der Waals surface area contributed by atoms with Crippen LogP contribution in [0.3, 0.4) is 0 Å². The molecule has 0 atom stereocenters. The molecule has 1 amide bonds. The molecular weight excluding hydrogens is 398 g/mol. The molecule has 0 unspecified atom stereocenters. The number of hydrogen-bond donors (Lipinski definition) is 0. The van der Waals surface area contributed by atoms with Crippen LogP contribution in [-0.2, 0) is 11.3 Å². The van der Waals surface area contributed by atoms with Gasteiger partial charge < -0.3 is 4.90 Å². The first kappa shape index (κ1) is 16.2. The summed E-state index contributed by atoms with van der Waals surface area (Å²) in [5.74, 6) is -0.0954. The van der Waals surface area contributed by atoms with E-state index < -0.39 is 0 Å². The van der Waals surface area contributed by atoms with Gasteiger partial charge in [-0.05, 0) is 17.7 Å². The standard InChI is InChI=1S/C16H13BrClN3OS/c1-20(10-11-4-2-3-5-12(11)17)14(22)7-6-13-15(18)19-16-21(13)8-9-23-16/h2-9H,10H2,1H3/b7-6+. The second kappa shape index (κ2) is 6.86. The zero-order chi connectivity index (χ0) is 16.4. The molecule has 1 aromatic carbocycles. The Morgan fingerprint density at radius 2 is 2.26 bits per heavy atom. The SMILES string of the molecule is CN(Cc1ccccc1Br)C(=O)/C=C/c1c(Cl)nc2sccn12. The molecule has 118 valence electrons. The molecule has 23 heavy (non-hydrogen) atoms. The highest BCUT2D eigenvalue weighted by molar-refractivity contribution is 9.10. The van der Waals surface area contributed by atoms with Crippen molar-refractivity contribution in [3.05, 3.63) is 62.8 Å². The smallest absolute Gasteiger partial charge is 0.246 e. The molecule has 2 aromatic heterocycles. The van der Waals surface area contributed by atoms with Gasteiger partial charge in [0.15, 0.2) is 10.1 Å². The van der Waals surface area contributed by atoms with Crippen molar-refractivity contribution in [3.63, 3.8) is 0 Å². The molecule has 0 radical (unpaired) electrons. The predicted molar refractivity (Wildman–Crippen MR) is 97.7 cm³/mol. The van der Waals surface area contributed by atoms with Crippen molar-refractivity contribution in [2.75, 3.05) is 7.05 Å². The zero-order valence-corrected chi connectivity index (χ0v) is 15.4. The maximum absolute atomic E-state index is 12.3. The summed E-state index contributed by atoms with van der Waals surface area (Å²) in [6, 6.07) is 7.85. The second-order valence-corrected chi connectivity index (χ2v) is 7.05. The molecule has 7 heteroatoms. The lowest BCUT2D eigenvalue weighted by molar-refractivity contribution is -0.125. The van der Waals surface area contributed by atoms with Crippen LogP contribution >= 0.6 is 38.9 Å². The minimum atomic E-state index is -0.0954. The van der Waals surface area contributed by atoms with E-state index in [1.807, 2.05) is 40.2 Å². The number of hydrogen-bond acceptors (Lipinski definition) is 3. The molecule has 3 rings (SSSR count). The fourth-order valence-electron chi connectivity index (χ4n) is 2.16. The average Bonchev–Trinajstić information content (AvgIpc) is 3.08. The van der Waals surface area contributed by atoms with Gasteiger partial charge in [-0.1, -0.05) is 45.7 Å². The fraction of sp³-hybridized carbons (Fsp3) is 0.125. The van der Waals surface area contributed by atoms with E-state index in [0.717, 1.165) is 15.0 Å². The topological polar surface area (TPSA) is 37.6 Å². The molecule has 0 fully saturated rings. The first-order chi connectivity index (χ1) is 11.1. The quantitative estimate of drug-likeness (QED) is 0.595. The van der Waals surface area contributed by atoms with Crippen molar-refractivity contribution < 1.29 is 4.79 Å². The lowest BCUT2D eigenvalue weighted by Crippen LogP contribution is -2.24. The van der Waals surface area contributed by atoms with Crippen molar-refractivity contribution >= 4 is 55.8 Å². The number of nitrogens with zero attached hydrogens (tertiary/aromatic N) is 3. The van der Waals surface area contributed by atoms with Crippen LogP contribution in [0.4, 0.5) is 0 Å². The highest BCUT2D eigenvalue weighted by atomic mass is 79.9. The van der Waals surface area contributed by atoms with E-state index in [1.54, 1.807) is 18.0 Å². The summed E-state index contributed by atoms with van der Waals surface area (Å²) in [6.07, 6.45) is 5.10.